The molecule has 0 N–H and O–H groups in total. The van der Waals surface area contributed by atoms with E-state index >= 15 is 0 Å². The van der Waals surface area contributed by atoms with Gasteiger partial charge in [0, 0.05) is 25.4 Å². The summed E-state index contributed by atoms with van der Waals surface area (Å²) in [5.41, 5.74) is 0.711. The normalized spacial score (nSPS) is 16.3. The molecule has 2 rings (SSSR count). The van der Waals surface area contributed by atoms with Crippen LogP contribution in [0.2, 0.25) is 0 Å². The minimum absolute atomic E-state index is 0.116. The van der Waals surface area contributed by atoms with Crippen molar-refractivity contribution in [2.24, 2.45) is 5.10 Å². The molecular formula is C14H17N3O2. The second kappa shape index (κ2) is 6.68. The summed E-state index contributed by atoms with van der Waals surface area (Å²) < 4.78 is 0. The van der Waals surface area contributed by atoms with Crippen LogP contribution in [0, 0.1) is 10.1 Å². The number of hydrogen-bond acceptors (Lipinski definition) is 4. The molecule has 0 spiro atoms. The SMILES string of the molecule is O=[N+]([O-])c1ccccc1/C=C/C=NN1CCCCC1. The van der Waals surface area contributed by atoms with E-state index in [0.29, 0.717) is 5.56 Å². The van der Waals surface area contributed by atoms with Gasteiger partial charge in [0.2, 0.25) is 0 Å². The second-order valence-corrected chi connectivity index (χ2v) is 4.45. The summed E-state index contributed by atoms with van der Waals surface area (Å²) in [6, 6.07) is 6.68. The molecule has 0 amide bonds. The van der Waals surface area contributed by atoms with E-state index in [-0.39, 0.29) is 10.6 Å². The van der Waals surface area contributed by atoms with Crippen molar-refractivity contribution in [1.29, 1.82) is 0 Å². The van der Waals surface area contributed by atoms with Crippen LogP contribution in [0.25, 0.3) is 6.08 Å². The van der Waals surface area contributed by atoms with Crippen molar-refractivity contribution < 1.29 is 4.92 Å². The molecule has 0 aliphatic carbocycles. The molecule has 1 fully saturated rings. The number of hydrazone groups is 1. The first kappa shape index (κ1) is 13.3. The van der Waals surface area contributed by atoms with Gasteiger partial charge >= 0.3 is 0 Å². The van der Waals surface area contributed by atoms with Gasteiger partial charge < -0.3 is 0 Å². The zero-order chi connectivity index (χ0) is 13.5. The molecule has 1 aliphatic heterocycles. The lowest BCUT2D eigenvalue weighted by molar-refractivity contribution is -0.385. The molecule has 19 heavy (non-hydrogen) atoms. The van der Waals surface area contributed by atoms with Gasteiger partial charge in [0.1, 0.15) is 0 Å². The van der Waals surface area contributed by atoms with Gasteiger partial charge in [-0.05, 0) is 37.5 Å². The lowest BCUT2D eigenvalue weighted by Gasteiger charge is -2.22. The summed E-state index contributed by atoms with van der Waals surface area (Å²) in [4.78, 5) is 10.5. The maximum Gasteiger partial charge on any atom is 0.276 e. The Labute approximate surface area is 112 Å². The molecular weight excluding hydrogens is 242 g/mol. The van der Waals surface area contributed by atoms with E-state index in [4.69, 9.17) is 0 Å². The maximum atomic E-state index is 10.8. The molecule has 1 saturated heterocycles. The predicted molar refractivity (Wildman–Crippen MR) is 76.0 cm³/mol. The summed E-state index contributed by atoms with van der Waals surface area (Å²) in [6.45, 7) is 1.99. The van der Waals surface area contributed by atoms with E-state index in [2.05, 4.69) is 5.10 Å². The zero-order valence-corrected chi connectivity index (χ0v) is 10.7. The smallest absolute Gasteiger partial charge is 0.276 e. The number of nitro groups is 1. The summed E-state index contributed by atoms with van der Waals surface area (Å²) in [5, 5.41) is 17.2. The van der Waals surface area contributed by atoms with E-state index < -0.39 is 0 Å². The average Bonchev–Trinajstić information content (AvgIpc) is 2.45. The highest BCUT2D eigenvalue weighted by Gasteiger charge is 2.08. The highest BCUT2D eigenvalue weighted by molar-refractivity contribution is 5.79. The van der Waals surface area contributed by atoms with Gasteiger partial charge in [-0.25, -0.2) is 0 Å². The van der Waals surface area contributed by atoms with Crippen LogP contribution >= 0.6 is 0 Å². The van der Waals surface area contributed by atoms with Gasteiger partial charge in [0.05, 0.1) is 10.5 Å². The molecule has 0 bridgehead atoms. The number of para-hydroxylation sites is 1. The Balaban J connectivity index is 1.98. The highest BCUT2D eigenvalue weighted by atomic mass is 16.6. The molecule has 0 unspecified atom stereocenters. The van der Waals surface area contributed by atoms with Crippen LogP contribution in [0.5, 0.6) is 0 Å². The third kappa shape index (κ3) is 3.91. The molecule has 0 radical (unpaired) electrons. The first-order chi connectivity index (χ1) is 9.27. The number of hydrogen-bond donors (Lipinski definition) is 0. The van der Waals surface area contributed by atoms with Crippen molar-refractivity contribution in [3.63, 3.8) is 0 Å². The molecule has 100 valence electrons. The monoisotopic (exact) mass is 259 g/mol. The van der Waals surface area contributed by atoms with E-state index in [9.17, 15) is 10.1 Å². The van der Waals surface area contributed by atoms with Gasteiger partial charge in [0.25, 0.3) is 5.69 Å². The molecule has 1 aromatic carbocycles. The van der Waals surface area contributed by atoms with Crippen LogP contribution in [0.4, 0.5) is 5.69 Å². The van der Waals surface area contributed by atoms with Crippen molar-refractivity contribution >= 4 is 18.0 Å². The fourth-order valence-corrected chi connectivity index (χ4v) is 2.07. The topological polar surface area (TPSA) is 58.7 Å². The van der Waals surface area contributed by atoms with E-state index in [1.807, 2.05) is 5.01 Å². The zero-order valence-electron chi connectivity index (χ0n) is 10.7. The minimum atomic E-state index is -0.374. The average molecular weight is 259 g/mol. The van der Waals surface area contributed by atoms with E-state index in [0.717, 1.165) is 13.1 Å². The Hall–Kier alpha value is -2.17. The molecule has 0 atom stereocenters. The van der Waals surface area contributed by atoms with Gasteiger partial charge in [-0.15, -0.1) is 0 Å². The predicted octanol–water partition coefficient (Wildman–Crippen LogP) is 3.08. The van der Waals surface area contributed by atoms with Gasteiger partial charge in [-0.3, -0.25) is 15.1 Å². The summed E-state index contributed by atoms with van der Waals surface area (Å²) in [5.74, 6) is 0. The Morgan fingerprint density at radius 3 is 2.68 bits per heavy atom. The molecule has 5 nitrogen and oxygen atoms in total. The van der Waals surface area contributed by atoms with Gasteiger partial charge in [0.15, 0.2) is 0 Å². The van der Waals surface area contributed by atoms with Crippen molar-refractivity contribution in [2.45, 2.75) is 19.3 Å². The van der Waals surface area contributed by atoms with Crippen LogP contribution < -0.4 is 0 Å². The number of allylic oxidation sites excluding steroid dienone is 1. The van der Waals surface area contributed by atoms with E-state index in [1.165, 1.54) is 25.3 Å². The first-order valence-electron chi connectivity index (χ1n) is 6.46. The number of rotatable bonds is 4. The minimum Gasteiger partial charge on any atom is -0.297 e. The van der Waals surface area contributed by atoms with E-state index in [1.54, 1.807) is 36.6 Å². The largest absolute Gasteiger partial charge is 0.297 e. The number of nitrogens with zero attached hydrogens (tertiary/aromatic N) is 3. The number of piperidine rings is 1. The van der Waals surface area contributed by atoms with Crippen LogP contribution in [-0.4, -0.2) is 29.2 Å². The number of nitro benzene ring substituents is 1. The quantitative estimate of drug-likeness (QED) is 0.474. The highest BCUT2D eigenvalue weighted by Crippen LogP contribution is 2.18. The third-order valence-electron chi connectivity index (χ3n) is 3.06. The number of benzene rings is 1. The van der Waals surface area contributed by atoms with Crippen LogP contribution in [-0.2, 0) is 0 Å². The van der Waals surface area contributed by atoms with Crippen LogP contribution in [0.15, 0.2) is 35.4 Å². The molecule has 1 heterocycles. The van der Waals surface area contributed by atoms with Crippen LogP contribution in [0.3, 0.4) is 0 Å². The Morgan fingerprint density at radius 2 is 1.95 bits per heavy atom. The summed E-state index contributed by atoms with van der Waals surface area (Å²) in [6.07, 6.45) is 8.80. The molecule has 0 aromatic heterocycles. The van der Waals surface area contributed by atoms with Gasteiger partial charge in [-0.2, -0.15) is 5.10 Å². The third-order valence-corrected chi connectivity index (χ3v) is 3.06. The van der Waals surface area contributed by atoms with Crippen molar-refractivity contribution in [1.82, 2.24) is 5.01 Å². The van der Waals surface area contributed by atoms with Crippen LogP contribution in [0.1, 0.15) is 24.8 Å². The maximum absolute atomic E-state index is 10.8. The second-order valence-electron chi connectivity index (χ2n) is 4.45. The Bertz CT molecular complexity index is 491. The fourth-order valence-electron chi connectivity index (χ4n) is 2.07. The molecule has 0 saturated carbocycles. The Morgan fingerprint density at radius 1 is 1.21 bits per heavy atom. The lowest BCUT2D eigenvalue weighted by atomic mass is 10.1. The molecule has 5 heteroatoms. The summed E-state index contributed by atoms with van der Waals surface area (Å²) in [7, 11) is 0. The van der Waals surface area contributed by atoms with Gasteiger partial charge in [-0.1, -0.05) is 12.1 Å². The van der Waals surface area contributed by atoms with Crippen molar-refractivity contribution in [2.75, 3.05) is 13.1 Å². The molecule has 1 aliphatic rings. The fraction of sp³-hybridized carbons (Fsp3) is 0.357. The van der Waals surface area contributed by atoms with Crippen molar-refractivity contribution in [3.8, 4) is 0 Å². The first-order valence-corrected chi connectivity index (χ1v) is 6.46. The Kier molecular flexibility index (Phi) is 4.66. The standard InChI is InChI=1S/C14H17N3O2/c18-17(19)14-9-3-2-7-13(14)8-6-10-15-16-11-4-1-5-12-16/h2-3,6-10H,1,4-5,11-12H2/b8-6+,15-10?. The lowest BCUT2D eigenvalue weighted by Crippen LogP contribution is -2.24. The molecule has 1 aromatic rings. The van der Waals surface area contributed by atoms with Crippen molar-refractivity contribution in [3.05, 3.63) is 46.0 Å². The summed E-state index contributed by atoms with van der Waals surface area (Å²) >= 11 is 0.